The van der Waals surface area contributed by atoms with Crippen LogP contribution in [0.1, 0.15) is 15.9 Å². The van der Waals surface area contributed by atoms with Gasteiger partial charge in [-0.1, -0.05) is 12.1 Å². The number of halogens is 3. The number of carboxylic acids is 1. The smallest absolute Gasteiger partial charge is 0.475 e. The zero-order chi connectivity index (χ0) is 28.2. The first-order chi connectivity index (χ1) is 18.6. The molecule has 10 nitrogen and oxygen atoms in total. The number of fused-ring (bicyclic) bond motifs is 1. The number of morpholine rings is 1. The van der Waals surface area contributed by atoms with Crippen molar-refractivity contribution in [2.24, 2.45) is 0 Å². The lowest BCUT2D eigenvalue weighted by Gasteiger charge is -2.28. The molecule has 0 aliphatic carbocycles. The van der Waals surface area contributed by atoms with Crippen LogP contribution in [-0.4, -0.2) is 90.0 Å². The molecule has 0 atom stereocenters. The number of hydrogen-bond acceptors (Lipinski definition) is 8. The minimum absolute atomic E-state index is 0.0237. The van der Waals surface area contributed by atoms with Gasteiger partial charge in [0.05, 0.1) is 18.9 Å². The van der Waals surface area contributed by atoms with Gasteiger partial charge in [-0.15, -0.1) is 0 Å². The summed E-state index contributed by atoms with van der Waals surface area (Å²) >= 11 is 0. The van der Waals surface area contributed by atoms with E-state index in [1.165, 1.54) is 0 Å². The van der Waals surface area contributed by atoms with E-state index in [2.05, 4.69) is 14.8 Å². The van der Waals surface area contributed by atoms with Crippen molar-refractivity contribution < 1.29 is 32.6 Å². The molecule has 0 spiro atoms. The second kappa shape index (κ2) is 11.6. The number of amides is 1. The van der Waals surface area contributed by atoms with Crippen LogP contribution in [-0.2, 0) is 16.0 Å². The maximum atomic E-state index is 12.6. The fraction of sp³-hybridized carbons (Fsp3) is 0.346. The van der Waals surface area contributed by atoms with Gasteiger partial charge in [0.15, 0.2) is 0 Å². The number of anilines is 3. The topological polar surface area (TPSA) is 112 Å². The number of ether oxygens (including phenoxy) is 1. The average Bonchev–Trinajstić information content (AvgIpc) is 3.37. The fourth-order valence-corrected chi connectivity index (χ4v) is 4.22. The molecule has 1 aromatic carbocycles. The van der Waals surface area contributed by atoms with E-state index in [0.29, 0.717) is 24.7 Å². The number of alkyl halides is 3. The number of nitrogens with zero attached hydrogens (tertiary/aromatic N) is 6. The van der Waals surface area contributed by atoms with Crippen molar-refractivity contribution in [3.63, 3.8) is 0 Å². The van der Waals surface area contributed by atoms with Crippen LogP contribution in [0.25, 0.3) is 11.3 Å². The lowest BCUT2D eigenvalue weighted by molar-refractivity contribution is -0.192. The summed E-state index contributed by atoms with van der Waals surface area (Å²) in [6, 6.07) is 11.7. The molecule has 1 amide bonds. The van der Waals surface area contributed by atoms with Crippen molar-refractivity contribution >= 4 is 29.3 Å². The van der Waals surface area contributed by atoms with Gasteiger partial charge < -0.3 is 24.5 Å². The Bertz CT molecular complexity index is 1330. The van der Waals surface area contributed by atoms with E-state index in [4.69, 9.17) is 24.6 Å². The van der Waals surface area contributed by atoms with Crippen LogP contribution in [0.4, 0.5) is 30.6 Å². The summed E-state index contributed by atoms with van der Waals surface area (Å²) in [5, 5.41) is 7.12. The zero-order valence-corrected chi connectivity index (χ0v) is 21.4. The second-order valence-corrected chi connectivity index (χ2v) is 8.96. The highest BCUT2D eigenvalue weighted by Crippen LogP contribution is 2.39. The second-order valence-electron chi connectivity index (χ2n) is 8.96. The van der Waals surface area contributed by atoms with Crippen molar-refractivity contribution in [1.29, 1.82) is 0 Å². The molecule has 5 rings (SSSR count). The Morgan fingerprint density at radius 2 is 1.69 bits per heavy atom. The molecule has 2 aliphatic heterocycles. The van der Waals surface area contributed by atoms with E-state index in [0.717, 1.165) is 54.4 Å². The van der Waals surface area contributed by atoms with E-state index in [1.807, 2.05) is 36.4 Å². The van der Waals surface area contributed by atoms with Crippen LogP contribution in [0.15, 0.2) is 48.8 Å². The molecule has 0 radical (unpaired) electrons. The molecule has 13 heteroatoms. The molecule has 2 aromatic heterocycles. The number of carbonyl (C=O) groups is 2. The molecule has 1 N–H and O–H groups in total. The molecule has 39 heavy (non-hydrogen) atoms. The zero-order valence-electron chi connectivity index (χ0n) is 21.4. The van der Waals surface area contributed by atoms with Crippen LogP contribution in [0.3, 0.4) is 0 Å². The first kappa shape index (κ1) is 27.8. The molecule has 0 bridgehead atoms. The Hall–Kier alpha value is -4.26. The van der Waals surface area contributed by atoms with Crippen molar-refractivity contribution in [3.8, 4) is 11.3 Å². The minimum Gasteiger partial charge on any atom is -0.475 e. The molecule has 1 saturated heterocycles. The molecule has 2 aliphatic rings. The fourth-order valence-electron chi connectivity index (χ4n) is 4.22. The van der Waals surface area contributed by atoms with Gasteiger partial charge >= 0.3 is 12.1 Å². The molecule has 206 valence electrons. The van der Waals surface area contributed by atoms with E-state index >= 15 is 0 Å². The number of benzene rings is 1. The van der Waals surface area contributed by atoms with Gasteiger partial charge in [0, 0.05) is 68.5 Å². The predicted octanol–water partition coefficient (Wildman–Crippen LogP) is 3.40. The summed E-state index contributed by atoms with van der Waals surface area (Å²) < 4.78 is 37.3. The monoisotopic (exact) mass is 544 g/mol. The van der Waals surface area contributed by atoms with E-state index in [-0.39, 0.29) is 5.91 Å². The van der Waals surface area contributed by atoms with Crippen LogP contribution in [0, 0.1) is 0 Å². The summed E-state index contributed by atoms with van der Waals surface area (Å²) in [7, 11) is 3.53. The Morgan fingerprint density at radius 1 is 1.03 bits per heavy atom. The van der Waals surface area contributed by atoms with Crippen molar-refractivity contribution in [3.05, 3.63) is 59.9 Å². The Morgan fingerprint density at radius 3 is 2.31 bits per heavy atom. The Balaban J connectivity index is 0.000000448. The summed E-state index contributed by atoms with van der Waals surface area (Å²) in [5.41, 5.74) is 4.64. The van der Waals surface area contributed by atoms with Crippen molar-refractivity contribution in [1.82, 2.24) is 19.9 Å². The maximum Gasteiger partial charge on any atom is 0.490 e. The molecule has 3 aromatic rings. The molecular formula is C26H27F3N6O4. The third-order valence-electron chi connectivity index (χ3n) is 6.11. The molecule has 4 heterocycles. The first-order valence-electron chi connectivity index (χ1n) is 12.1. The molecular weight excluding hydrogens is 517 g/mol. The van der Waals surface area contributed by atoms with Gasteiger partial charge in [0.1, 0.15) is 5.82 Å². The van der Waals surface area contributed by atoms with E-state index < -0.39 is 12.1 Å². The number of aromatic nitrogens is 3. The van der Waals surface area contributed by atoms with Crippen LogP contribution < -0.4 is 9.80 Å². The van der Waals surface area contributed by atoms with E-state index in [1.54, 1.807) is 31.4 Å². The summed E-state index contributed by atoms with van der Waals surface area (Å²) in [6.45, 7) is 3.66. The highest BCUT2D eigenvalue weighted by atomic mass is 19.4. The van der Waals surface area contributed by atoms with Crippen molar-refractivity contribution in [2.45, 2.75) is 12.6 Å². The molecule has 0 saturated carbocycles. The van der Waals surface area contributed by atoms with Gasteiger partial charge in [0.2, 0.25) is 5.95 Å². The molecule has 1 fully saturated rings. The van der Waals surface area contributed by atoms with Crippen LogP contribution >= 0.6 is 0 Å². The predicted molar refractivity (Wildman–Crippen MR) is 137 cm³/mol. The number of aliphatic carboxylic acids is 1. The third kappa shape index (κ3) is 6.42. The summed E-state index contributed by atoms with van der Waals surface area (Å²) in [4.78, 5) is 41.6. The lowest BCUT2D eigenvalue weighted by Crippen LogP contribution is -2.37. The first-order valence-corrected chi connectivity index (χ1v) is 12.1. The van der Waals surface area contributed by atoms with Gasteiger partial charge in [0.25, 0.3) is 5.91 Å². The maximum absolute atomic E-state index is 12.6. The van der Waals surface area contributed by atoms with Gasteiger partial charge in [-0.05, 0) is 30.7 Å². The van der Waals surface area contributed by atoms with Gasteiger partial charge in [-0.25, -0.2) is 9.78 Å². The lowest BCUT2D eigenvalue weighted by atomic mass is 10.0. The average molecular weight is 545 g/mol. The van der Waals surface area contributed by atoms with Crippen LogP contribution in [0.5, 0.6) is 0 Å². The Kier molecular flexibility index (Phi) is 8.29. The van der Waals surface area contributed by atoms with Crippen LogP contribution in [0.2, 0.25) is 0 Å². The number of hydrogen-bond donors (Lipinski definition) is 1. The highest BCUT2D eigenvalue weighted by Gasteiger charge is 2.38. The SMILES string of the molecule is CN(C)C(=O)c1cccc(-c2nc(N3CCOCC3)nc3c2CCN3c2ccncc2)c1.O=C(O)C(F)(F)F. The van der Waals surface area contributed by atoms with E-state index in [9.17, 15) is 18.0 Å². The quantitative estimate of drug-likeness (QED) is 0.528. The van der Waals surface area contributed by atoms with Crippen molar-refractivity contribution in [2.75, 3.05) is 56.7 Å². The van der Waals surface area contributed by atoms with Gasteiger partial charge in [-0.2, -0.15) is 18.2 Å². The largest absolute Gasteiger partial charge is 0.490 e. The normalized spacial score (nSPS) is 14.8. The summed E-state index contributed by atoms with van der Waals surface area (Å²) in [6.07, 6.45) is -0.647. The number of carboxylic acid groups (broad SMARTS) is 1. The number of rotatable bonds is 4. The van der Waals surface area contributed by atoms with Gasteiger partial charge in [-0.3, -0.25) is 9.78 Å². The third-order valence-corrected chi connectivity index (χ3v) is 6.11. The summed E-state index contributed by atoms with van der Waals surface area (Å²) in [5.74, 6) is -1.16. The number of pyridine rings is 1. The Labute approximate surface area is 222 Å². The highest BCUT2D eigenvalue weighted by molar-refractivity contribution is 5.95. The number of carbonyl (C=O) groups excluding carboxylic acids is 1. The minimum atomic E-state index is -5.08. The molecule has 0 unspecified atom stereocenters. The standard InChI is InChI=1S/C24H26N6O2.C2HF3O2/c1-28(2)23(31)18-5-3-4-17(16-18)21-20-8-11-30(19-6-9-25-10-7-19)22(20)27-24(26-21)29-12-14-32-15-13-29;3-2(4,5)1(6)7/h3-7,9-10,16H,8,11-15H2,1-2H3;(H,6,7).